The zero-order chi connectivity index (χ0) is 36.7. The van der Waals surface area contributed by atoms with E-state index in [2.05, 4.69) is 122 Å². The maximum Gasteiger partial charge on any atom is 2.00 e. The summed E-state index contributed by atoms with van der Waals surface area (Å²) >= 11 is 0. The van der Waals surface area contributed by atoms with Crippen molar-refractivity contribution in [3.63, 3.8) is 0 Å². The number of benzene rings is 4. The average Bonchev–Trinajstić information content (AvgIpc) is 3.71. The van der Waals surface area contributed by atoms with E-state index < -0.39 is 0 Å². The normalized spacial score (nSPS) is 11.7. The molecule has 274 valence electrons. The van der Waals surface area contributed by atoms with Crippen molar-refractivity contribution in [3.05, 3.63) is 131 Å². The van der Waals surface area contributed by atoms with Crippen LogP contribution in [0.3, 0.4) is 0 Å². The van der Waals surface area contributed by atoms with Gasteiger partial charge in [0.15, 0.2) is 0 Å². The molecule has 6 heteroatoms. The van der Waals surface area contributed by atoms with Crippen molar-refractivity contribution in [1.82, 2.24) is 19.3 Å². The monoisotopic (exact) mass is 881 g/mol. The van der Waals surface area contributed by atoms with Gasteiger partial charge in [0.05, 0.1) is 6.20 Å². The Hall–Kier alpha value is -4.47. The number of aryl methyl sites for hydroxylation is 1. The number of para-hydroxylation sites is 1. The second kappa shape index (κ2) is 15.9. The number of rotatable bonds is 11. The van der Waals surface area contributed by atoms with E-state index in [1.54, 1.807) is 5.56 Å². The summed E-state index contributed by atoms with van der Waals surface area (Å²) in [6.45, 7) is 20.7. The Bertz CT molecular complexity index is 2360. The van der Waals surface area contributed by atoms with Gasteiger partial charge >= 0.3 is 21.1 Å². The van der Waals surface area contributed by atoms with E-state index in [1.807, 2.05) is 47.4 Å². The molecular weight excluding hydrogens is 832 g/mol. The van der Waals surface area contributed by atoms with Crippen molar-refractivity contribution >= 4 is 21.8 Å². The van der Waals surface area contributed by atoms with Crippen LogP contribution in [0.5, 0.6) is 11.5 Å². The molecule has 0 radical (unpaired) electrons. The van der Waals surface area contributed by atoms with Crippen LogP contribution in [0.25, 0.3) is 44.4 Å². The summed E-state index contributed by atoms with van der Waals surface area (Å²) in [6, 6.07) is 29.6. The van der Waals surface area contributed by atoms with Crippen molar-refractivity contribution < 1.29 is 25.8 Å². The molecule has 5 nitrogen and oxygen atoms in total. The van der Waals surface area contributed by atoms with Gasteiger partial charge in [-0.05, 0) is 126 Å². The largest absolute Gasteiger partial charge is 2.00 e. The zero-order valence-electron chi connectivity index (χ0n) is 32.4. The number of hydrogen-bond donors (Lipinski definition) is 0. The summed E-state index contributed by atoms with van der Waals surface area (Å²) < 4.78 is 10.5. The number of hydrogen-bond acceptors (Lipinski definition) is 3. The van der Waals surface area contributed by atoms with Gasteiger partial charge in [0.1, 0.15) is 5.82 Å². The van der Waals surface area contributed by atoms with Crippen LogP contribution >= 0.6 is 0 Å². The van der Waals surface area contributed by atoms with Gasteiger partial charge in [-0.15, -0.1) is 35.7 Å². The van der Waals surface area contributed by atoms with Crippen molar-refractivity contribution in [2.45, 2.75) is 81.6 Å². The minimum Gasteiger partial charge on any atom is -0.509 e. The first kappa shape index (κ1) is 38.3. The molecule has 7 rings (SSSR count). The number of fused-ring (bicyclic) bond motifs is 3. The van der Waals surface area contributed by atoms with Gasteiger partial charge in [0, 0.05) is 35.0 Å². The Morgan fingerprint density at radius 1 is 0.698 bits per heavy atom. The van der Waals surface area contributed by atoms with Crippen molar-refractivity contribution in [1.29, 1.82) is 0 Å². The van der Waals surface area contributed by atoms with Crippen LogP contribution in [-0.2, 0) is 40.3 Å². The summed E-state index contributed by atoms with van der Waals surface area (Å²) in [5, 5.41) is 7.13. The van der Waals surface area contributed by atoms with E-state index in [4.69, 9.17) is 14.8 Å². The van der Waals surface area contributed by atoms with Crippen LogP contribution in [-0.4, -0.2) is 19.3 Å². The SMILES string of the molecule is Cc1ccnc(-n2c3[c-]c(Oc4[c-]c(-n5cc(-c6c(C)c(CC(C)C)c(CC(C)C)c(CC(C)C)c6C)cn5)ccc4)ccc3c3ccccc32)c1.[Pt+2]. The maximum absolute atomic E-state index is 6.45. The fourth-order valence-corrected chi connectivity index (χ4v) is 7.82. The zero-order valence-corrected chi connectivity index (χ0v) is 34.7. The number of ether oxygens (including phenoxy) is 1. The first-order valence-electron chi connectivity index (χ1n) is 18.8. The summed E-state index contributed by atoms with van der Waals surface area (Å²) in [6.07, 6.45) is 9.29. The Kier molecular flexibility index (Phi) is 11.5. The van der Waals surface area contributed by atoms with E-state index >= 15 is 0 Å². The molecule has 0 saturated heterocycles. The predicted molar refractivity (Wildman–Crippen MR) is 215 cm³/mol. The minimum absolute atomic E-state index is 0. The smallest absolute Gasteiger partial charge is 0.509 e. The first-order chi connectivity index (χ1) is 25.0. The standard InChI is InChI=1S/C47H50N4O.Pt/c1-29(2)21-41-33(8)47(34(9)42(22-30(3)4)43(41)23-31(5)6)35-27-49-50(28-35)36-13-12-14-37(25-36)52-38-17-18-40-39-15-10-11-16-44(39)51(45(40)26-38)46-24-32(7)19-20-48-46;/h10-20,24,27-31H,21-23H2,1-9H3;/q-2;+2. The molecule has 0 spiro atoms. The van der Waals surface area contributed by atoms with Gasteiger partial charge in [-0.3, -0.25) is 4.68 Å². The van der Waals surface area contributed by atoms with E-state index in [1.165, 1.54) is 27.8 Å². The molecule has 0 aliphatic carbocycles. The van der Waals surface area contributed by atoms with Gasteiger partial charge in [-0.1, -0.05) is 65.3 Å². The maximum atomic E-state index is 6.45. The quantitative estimate of drug-likeness (QED) is 0.122. The van der Waals surface area contributed by atoms with Gasteiger partial charge in [0.25, 0.3) is 0 Å². The van der Waals surface area contributed by atoms with Gasteiger partial charge in [-0.25, -0.2) is 4.98 Å². The molecule has 4 aromatic carbocycles. The van der Waals surface area contributed by atoms with Crippen LogP contribution in [0.4, 0.5) is 0 Å². The van der Waals surface area contributed by atoms with Gasteiger partial charge in [0.2, 0.25) is 0 Å². The molecule has 7 aromatic rings. The molecule has 0 fully saturated rings. The molecule has 3 aromatic heterocycles. The molecule has 3 heterocycles. The van der Waals surface area contributed by atoms with Crippen LogP contribution in [0.1, 0.15) is 74.9 Å². The summed E-state index contributed by atoms with van der Waals surface area (Å²) in [5.74, 6) is 3.83. The van der Waals surface area contributed by atoms with Gasteiger partial charge in [-0.2, -0.15) is 17.2 Å². The van der Waals surface area contributed by atoms with Crippen molar-refractivity contribution in [2.75, 3.05) is 0 Å². The van der Waals surface area contributed by atoms with Crippen LogP contribution in [0, 0.1) is 50.7 Å². The van der Waals surface area contributed by atoms with E-state index in [0.717, 1.165) is 63.7 Å². The summed E-state index contributed by atoms with van der Waals surface area (Å²) in [4.78, 5) is 4.71. The molecule has 0 aliphatic heterocycles. The minimum atomic E-state index is 0. The third-order valence-corrected chi connectivity index (χ3v) is 10.00. The molecule has 0 unspecified atom stereocenters. The topological polar surface area (TPSA) is 44.9 Å². The molecule has 0 saturated carbocycles. The van der Waals surface area contributed by atoms with Crippen molar-refractivity contribution in [3.8, 4) is 34.1 Å². The van der Waals surface area contributed by atoms with E-state index in [0.29, 0.717) is 29.3 Å². The Morgan fingerprint density at radius 3 is 2.04 bits per heavy atom. The first-order valence-corrected chi connectivity index (χ1v) is 18.8. The Morgan fingerprint density at radius 2 is 1.36 bits per heavy atom. The fourth-order valence-electron chi connectivity index (χ4n) is 7.82. The number of pyridine rings is 1. The average molecular weight is 882 g/mol. The van der Waals surface area contributed by atoms with Crippen molar-refractivity contribution in [2.24, 2.45) is 17.8 Å². The number of nitrogens with zero attached hydrogens (tertiary/aromatic N) is 4. The van der Waals surface area contributed by atoms with E-state index in [9.17, 15) is 0 Å². The van der Waals surface area contributed by atoms with Crippen LogP contribution in [0.15, 0.2) is 85.3 Å². The third kappa shape index (κ3) is 7.78. The van der Waals surface area contributed by atoms with E-state index in [-0.39, 0.29) is 21.1 Å². The Balaban J connectivity index is 0.00000481. The van der Waals surface area contributed by atoms with Crippen LogP contribution < -0.4 is 4.74 Å². The predicted octanol–water partition coefficient (Wildman–Crippen LogP) is 11.9. The summed E-state index contributed by atoms with van der Waals surface area (Å²) in [5.41, 5.74) is 13.8. The molecule has 53 heavy (non-hydrogen) atoms. The molecule has 0 N–H and O–H groups in total. The summed E-state index contributed by atoms with van der Waals surface area (Å²) in [7, 11) is 0. The molecular formula is C47H50N4OPt. The molecule has 0 aliphatic rings. The fraction of sp³-hybridized carbons (Fsp3) is 0.319. The number of aromatic nitrogens is 4. The third-order valence-electron chi connectivity index (χ3n) is 10.00. The van der Waals surface area contributed by atoms with Gasteiger partial charge < -0.3 is 9.30 Å². The second-order valence-electron chi connectivity index (χ2n) is 15.7. The molecule has 0 amide bonds. The molecule has 0 atom stereocenters. The Labute approximate surface area is 329 Å². The molecule has 0 bridgehead atoms. The second-order valence-corrected chi connectivity index (χ2v) is 15.7. The van der Waals surface area contributed by atoms with Crippen LogP contribution in [0.2, 0.25) is 0 Å².